The molecule has 1 aliphatic rings. The lowest BCUT2D eigenvalue weighted by molar-refractivity contribution is -0.136. The maximum absolute atomic E-state index is 12.4. The van der Waals surface area contributed by atoms with Gasteiger partial charge >= 0.3 is 5.97 Å². The molecule has 0 saturated heterocycles. The molecular formula is C20H23N3O4. The summed E-state index contributed by atoms with van der Waals surface area (Å²) in [6.07, 6.45) is 6.11. The standard InChI is InChI=1S/C20H23N3O4/c1-13-7-9-17(21-12-13)19-22-18(27-23-19)10-8-15(24)11-14-5-3-4-6-16(14)20(25)26-2/h7,9,12H,3-6,8,10-11H2,1-2H3. The van der Waals surface area contributed by atoms with Gasteiger partial charge in [-0.15, -0.1) is 0 Å². The van der Waals surface area contributed by atoms with Crippen molar-refractivity contribution in [2.45, 2.75) is 51.9 Å². The van der Waals surface area contributed by atoms with Gasteiger partial charge in [0.1, 0.15) is 11.5 Å². The van der Waals surface area contributed by atoms with Crippen LogP contribution in [0.1, 0.15) is 50.0 Å². The zero-order chi connectivity index (χ0) is 19.2. The van der Waals surface area contributed by atoms with E-state index in [1.807, 2.05) is 19.1 Å². The molecule has 0 N–H and O–H groups in total. The molecule has 0 unspecified atom stereocenters. The first kappa shape index (κ1) is 18.9. The van der Waals surface area contributed by atoms with Crippen LogP contribution in [0, 0.1) is 6.92 Å². The number of carbonyl (C=O) groups is 2. The first-order valence-electron chi connectivity index (χ1n) is 9.13. The first-order valence-corrected chi connectivity index (χ1v) is 9.13. The van der Waals surface area contributed by atoms with Crippen LogP contribution in [0.2, 0.25) is 0 Å². The number of Topliss-reactive ketones (excluding diaryl/α,β-unsaturated/α-hetero) is 1. The predicted octanol–water partition coefficient (Wildman–Crippen LogP) is 3.38. The number of ether oxygens (including phenoxy) is 1. The molecule has 0 amide bonds. The second kappa shape index (κ2) is 8.70. The minimum Gasteiger partial charge on any atom is -0.466 e. The summed E-state index contributed by atoms with van der Waals surface area (Å²) in [4.78, 5) is 32.8. The van der Waals surface area contributed by atoms with E-state index in [1.54, 1.807) is 6.20 Å². The summed E-state index contributed by atoms with van der Waals surface area (Å²) < 4.78 is 10.1. The number of methoxy groups -OCH3 is 1. The van der Waals surface area contributed by atoms with Gasteiger partial charge in [-0.1, -0.05) is 16.8 Å². The van der Waals surface area contributed by atoms with E-state index in [0.29, 0.717) is 42.2 Å². The molecule has 7 nitrogen and oxygen atoms in total. The summed E-state index contributed by atoms with van der Waals surface area (Å²) in [7, 11) is 1.37. The topological polar surface area (TPSA) is 95.2 Å². The molecule has 142 valence electrons. The highest BCUT2D eigenvalue weighted by atomic mass is 16.5. The average Bonchev–Trinajstić information content (AvgIpc) is 3.16. The third-order valence-electron chi connectivity index (χ3n) is 4.65. The van der Waals surface area contributed by atoms with Crippen LogP contribution in [0.4, 0.5) is 0 Å². The number of aryl methyl sites for hydroxylation is 2. The molecule has 1 aliphatic carbocycles. The van der Waals surface area contributed by atoms with Crippen LogP contribution in [0.25, 0.3) is 11.5 Å². The van der Waals surface area contributed by atoms with E-state index >= 15 is 0 Å². The van der Waals surface area contributed by atoms with Crippen molar-refractivity contribution in [3.8, 4) is 11.5 Å². The van der Waals surface area contributed by atoms with E-state index in [1.165, 1.54) is 7.11 Å². The van der Waals surface area contributed by atoms with Gasteiger partial charge in [-0.3, -0.25) is 9.78 Å². The summed E-state index contributed by atoms with van der Waals surface area (Å²) in [5, 5.41) is 3.93. The van der Waals surface area contributed by atoms with Crippen molar-refractivity contribution in [2.75, 3.05) is 7.11 Å². The van der Waals surface area contributed by atoms with Crippen molar-refractivity contribution >= 4 is 11.8 Å². The zero-order valence-corrected chi connectivity index (χ0v) is 15.7. The smallest absolute Gasteiger partial charge is 0.333 e. The van der Waals surface area contributed by atoms with Gasteiger partial charge in [-0.2, -0.15) is 4.98 Å². The number of carbonyl (C=O) groups excluding carboxylic acids is 2. The summed E-state index contributed by atoms with van der Waals surface area (Å²) in [6, 6.07) is 3.76. The van der Waals surface area contributed by atoms with E-state index in [4.69, 9.17) is 9.26 Å². The monoisotopic (exact) mass is 369 g/mol. The molecule has 0 aliphatic heterocycles. The Balaban J connectivity index is 1.58. The summed E-state index contributed by atoms with van der Waals surface area (Å²) in [5.74, 6) is 0.568. The van der Waals surface area contributed by atoms with E-state index in [-0.39, 0.29) is 18.2 Å². The Morgan fingerprint density at radius 1 is 1.22 bits per heavy atom. The van der Waals surface area contributed by atoms with Crippen LogP contribution in [0.3, 0.4) is 0 Å². The number of nitrogens with zero attached hydrogens (tertiary/aromatic N) is 3. The number of rotatable bonds is 7. The highest BCUT2D eigenvalue weighted by molar-refractivity contribution is 5.91. The Kier molecular flexibility index (Phi) is 6.11. The SMILES string of the molecule is COC(=O)C1=C(CC(=O)CCc2nc(-c3ccc(C)cn3)no2)CCCC1. The average molecular weight is 369 g/mol. The first-order chi connectivity index (χ1) is 13.1. The van der Waals surface area contributed by atoms with Crippen molar-refractivity contribution in [1.29, 1.82) is 0 Å². The predicted molar refractivity (Wildman–Crippen MR) is 97.7 cm³/mol. The van der Waals surface area contributed by atoms with Crippen molar-refractivity contribution in [3.63, 3.8) is 0 Å². The Morgan fingerprint density at radius 2 is 2.04 bits per heavy atom. The highest BCUT2D eigenvalue weighted by Crippen LogP contribution is 2.28. The summed E-state index contributed by atoms with van der Waals surface area (Å²) >= 11 is 0. The van der Waals surface area contributed by atoms with Gasteiger partial charge in [0, 0.05) is 31.0 Å². The Morgan fingerprint density at radius 3 is 2.78 bits per heavy atom. The lowest BCUT2D eigenvalue weighted by atomic mass is 9.88. The molecule has 2 aromatic heterocycles. The van der Waals surface area contributed by atoms with Gasteiger partial charge in [-0.25, -0.2) is 4.79 Å². The molecule has 0 saturated carbocycles. The minimum absolute atomic E-state index is 0.0570. The van der Waals surface area contributed by atoms with E-state index in [0.717, 1.165) is 30.4 Å². The number of allylic oxidation sites excluding steroid dienone is 1. The van der Waals surface area contributed by atoms with Crippen molar-refractivity contribution < 1.29 is 18.8 Å². The number of hydrogen-bond donors (Lipinski definition) is 0. The fourth-order valence-electron chi connectivity index (χ4n) is 3.17. The molecule has 0 radical (unpaired) electrons. The quantitative estimate of drug-likeness (QED) is 0.690. The second-order valence-corrected chi connectivity index (χ2v) is 6.73. The van der Waals surface area contributed by atoms with Crippen LogP contribution in [0.15, 0.2) is 34.0 Å². The van der Waals surface area contributed by atoms with Crippen LogP contribution in [0.5, 0.6) is 0 Å². The molecule has 0 atom stereocenters. The lowest BCUT2D eigenvalue weighted by Gasteiger charge is -2.18. The molecule has 2 heterocycles. The number of ketones is 1. The van der Waals surface area contributed by atoms with E-state index in [9.17, 15) is 9.59 Å². The molecule has 27 heavy (non-hydrogen) atoms. The Bertz CT molecular complexity index is 852. The van der Waals surface area contributed by atoms with Gasteiger partial charge in [0.2, 0.25) is 11.7 Å². The summed E-state index contributed by atoms with van der Waals surface area (Å²) in [5.41, 5.74) is 3.27. The molecule has 0 fully saturated rings. The fourth-order valence-corrected chi connectivity index (χ4v) is 3.17. The molecule has 3 rings (SSSR count). The third kappa shape index (κ3) is 4.87. The molecule has 2 aromatic rings. The maximum Gasteiger partial charge on any atom is 0.333 e. The zero-order valence-electron chi connectivity index (χ0n) is 15.7. The third-order valence-corrected chi connectivity index (χ3v) is 4.65. The molecular weight excluding hydrogens is 346 g/mol. The van der Waals surface area contributed by atoms with Crippen LogP contribution in [-0.2, 0) is 20.7 Å². The number of pyridine rings is 1. The van der Waals surface area contributed by atoms with E-state index in [2.05, 4.69) is 15.1 Å². The lowest BCUT2D eigenvalue weighted by Crippen LogP contribution is -2.14. The summed E-state index contributed by atoms with van der Waals surface area (Å²) in [6.45, 7) is 1.96. The minimum atomic E-state index is -0.315. The van der Waals surface area contributed by atoms with Gasteiger partial charge in [0.05, 0.1) is 7.11 Å². The Hall–Kier alpha value is -2.83. The maximum atomic E-state index is 12.4. The molecule has 0 aromatic carbocycles. The van der Waals surface area contributed by atoms with Crippen LogP contribution >= 0.6 is 0 Å². The number of esters is 1. The Labute approximate surface area is 157 Å². The van der Waals surface area contributed by atoms with Gasteiger partial charge in [0.25, 0.3) is 0 Å². The second-order valence-electron chi connectivity index (χ2n) is 6.73. The largest absolute Gasteiger partial charge is 0.466 e. The van der Waals surface area contributed by atoms with Gasteiger partial charge in [-0.05, 0) is 44.2 Å². The van der Waals surface area contributed by atoms with Gasteiger partial charge < -0.3 is 9.26 Å². The van der Waals surface area contributed by atoms with Crippen LogP contribution in [-0.4, -0.2) is 34.0 Å². The van der Waals surface area contributed by atoms with Crippen molar-refractivity contribution in [2.24, 2.45) is 0 Å². The van der Waals surface area contributed by atoms with E-state index < -0.39 is 0 Å². The fraction of sp³-hybridized carbons (Fsp3) is 0.450. The number of hydrogen-bond acceptors (Lipinski definition) is 7. The number of aromatic nitrogens is 3. The molecule has 0 bridgehead atoms. The van der Waals surface area contributed by atoms with Gasteiger partial charge in [0.15, 0.2) is 0 Å². The highest BCUT2D eigenvalue weighted by Gasteiger charge is 2.21. The van der Waals surface area contributed by atoms with Crippen LogP contribution < -0.4 is 0 Å². The normalized spacial score (nSPS) is 14.3. The molecule has 0 spiro atoms. The van der Waals surface area contributed by atoms with Crippen molar-refractivity contribution in [3.05, 3.63) is 40.9 Å². The van der Waals surface area contributed by atoms with Crippen molar-refractivity contribution in [1.82, 2.24) is 15.1 Å². The molecule has 7 heteroatoms.